The van der Waals surface area contributed by atoms with Crippen molar-refractivity contribution in [3.05, 3.63) is 34.0 Å². The summed E-state index contributed by atoms with van der Waals surface area (Å²) in [5.74, 6) is -0.642. The number of benzene rings is 1. The second kappa shape index (κ2) is 4.55. The Morgan fingerprint density at radius 2 is 2.17 bits per heavy atom. The second-order valence-corrected chi connectivity index (χ2v) is 4.69. The quantitative estimate of drug-likeness (QED) is 0.483. The molecule has 0 bridgehead atoms. The molecule has 0 aliphatic heterocycles. The van der Waals surface area contributed by atoms with Crippen molar-refractivity contribution >= 4 is 45.7 Å². The molecular formula is C10H7Cl2N3O3. The second-order valence-electron chi connectivity index (χ2n) is 3.59. The average molecular weight is 288 g/mol. The van der Waals surface area contributed by atoms with Crippen LogP contribution in [0, 0.1) is 17.0 Å². The number of halogens is 2. The van der Waals surface area contributed by atoms with E-state index in [1.807, 2.05) is 0 Å². The van der Waals surface area contributed by atoms with E-state index < -0.39 is 15.7 Å². The van der Waals surface area contributed by atoms with Crippen molar-refractivity contribution in [3.8, 4) is 0 Å². The van der Waals surface area contributed by atoms with E-state index in [-0.39, 0.29) is 5.69 Å². The highest BCUT2D eigenvalue weighted by Gasteiger charge is 2.20. The number of aromatic nitrogens is 2. The molecule has 0 aliphatic carbocycles. The molecule has 1 heterocycles. The molecule has 1 aromatic carbocycles. The molecule has 2 aromatic rings. The van der Waals surface area contributed by atoms with Gasteiger partial charge in [0.25, 0.3) is 11.6 Å². The lowest BCUT2D eigenvalue weighted by Gasteiger charge is -2.01. The maximum absolute atomic E-state index is 11.7. The van der Waals surface area contributed by atoms with E-state index in [2.05, 4.69) is 5.10 Å². The molecule has 94 valence electrons. The molecule has 0 unspecified atom stereocenters. The number of nitro groups is 1. The first-order valence-corrected chi connectivity index (χ1v) is 5.75. The van der Waals surface area contributed by atoms with Crippen LogP contribution in [0.3, 0.4) is 0 Å². The highest BCUT2D eigenvalue weighted by Crippen LogP contribution is 2.24. The van der Waals surface area contributed by atoms with Crippen LogP contribution >= 0.6 is 23.2 Å². The summed E-state index contributed by atoms with van der Waals surface area (Å²) in [5, 5.41) is 15.3. The van der Waals surface area contributed by atoms with Crippen LogP contribution in [0.5, 0.6) is 0 Å². The van der Waals surface area contributed by atoms with Gasteiger partial charge in [0.1, 0.15) is 0 Å². The normalized spacial score (nSPS) is 11.1. The van der Waals surface area contributed by atoms with Crippen molar-refractivity contribution in [3.63, 3.8) is 0 Å². The summed E-state index contributed by atoms with van der Waals surface area (Å²) in [5.41, 5.74) is 0.761. The number of rotatable bonds is 2. The van der Waals surface area contributed by atoms with Gasteiger partial charge in [-0.05, 0) is 13.0 Å². The van der Waals surface area contributed by atoms with Crippen LogP contribution in [0.4, 0.5) is 5.69 Å². The summed E-state index contributed by atoms with van der Waals surface area (Å²) in [6.45, 7) is 1.69. The number of carbonyl (C=O) groups excluding carboxylic acids is 1. The number of fused-ring (bicyclic) bond motifs is 1. The summed E-state index contributed by atoms with van der Waals surface area (Å²) in [6, 6.07) is 4.16. The van der Waals surface area contributed by atoms with Crippen molar-refractivity contribution in [2.24, 2.45) is 0 Å². The van der Waals surface area contributed by atoms with Crippen molar-refractivity contribution in [1.82, 2.24) is 9.78 Å². The van der Waals surface area contributed by atoms with Crippen molar-refractivity contribution < 1.29 is 9.72 Å². The van der Waals surface area contributed by atoms with E-state index in [1.54, 1.807) is 6.92 Å². The molecule has 0 atom stereocenters. The van der Waals surface area contributed by atoms with E-state index in [4.69, 9.17) is 23.2 Å². The highest BCUT2D eigenvalue weighted by atomic mass is 35.5. The Balaban J connectivity index is 2.70. The van der Waals surface area contributed by atoms with Gasteiger partial charge in [-0.3, -0.25) is 14.9 Å². The molecular weight excluding hydrogens is 281 g/mol. The van der Waals surface area contributed by atoms with Crippen molar-refractivity contribution in [2.75, 3.05) is 0 Å². The minimum Gasteiger partial charge on any atom is -0.269 e. The summed E-state index contributed by atoms with van der Waals surface area (Å²) >= 11 is 11.0. The number of nitrogens with zero attached hydrogens (tertiary/aromatic N) is 3. The summed E-state index contributed by atoms with van der Waals surface area (Å²) in [6.07, 6.45) is 0. The summed E-state index contributed by atoms with van der Waals surface area (Å²) in [4.78, 5) is 20.6. The van der Waals surface area contributed by atoms with E-state index in [0.717, 1.165) is 4.68 Å². The van der Waals surface area contributed by atoms with E-state index in [1.165, 1.54) is 18.2 Å². The lowest BCUT2D eigenvalue weighted by Crippen LogP contribution is -2.19. The number of hydrogen-bond donors (Lipinski definition) is 0. The number of nitro benzene ring substituents is 1. The van der Waals surface area contributed by atoms with Gasteiger partial charge in [0, 0.05) is 17.5 Å². The number of non-ortho nitro benzene ring substituents is 1. The molecule has 1 aromatic heterocycles. The molecule has 18 heavy (non-hydrogen) atoms. The third-order valence-electron chi connectivity index (χ3n) is 2.46. The van der Waals surface area contributed by atoms with Crippen LogP contribution in [0.25, 0.3) is 10.9 Å². The van der Waals surface area contributed by atoms with Gasteiger partial charge in [0.15, 0.2) is 4.84 Å². The van der Waals surface area contributed by atoms with Gasteiger partial charge in [0.05, 0.1) is 16.1 Å². The van der Waals surface area contributed by atoms with Gasteiger partial charge < -0.3 is 0 Å². The minimum absolute atomic E-state index is 0.128. The monoisotopic (exact) mass is 287 g/mol. The highest BCUT2D eigenvalue weighted by molar-refractivity contribution is 6.53. The van der Waals surface area contributed by atoms with Gasteiger partial charge in [0.2, 0.25) is 0 Å². The average Bonchev–Trinajstić information content (AvgIpc) is 2.65. The molecule has 6 nitrogen and oxygen atoms in total. The first kappa shape index (κ1) is 12.8. The predicted octanol–water partition coefficient (Wildman–Crippen LogP) is 2.70. The molecule has 0 amide bonds. The largest absolute Gasteiger partial charge is 0.280 e. The Hall–Kier alpha value is -1.66. The fourth-order valence-electron chi connectivity index (χ4n) is 1.63. The lowest BCUT2D eigenvalue weighted by atomic mass is 10.2. The van der Waals surface area contributed by atoms with Crippen molar-refractivity contribution in [1.29, 1.82) is 0 Å². The lowest BCUT2D eigenvalue weighted by molar-refractivity contribution is -0.384. The van der Waals surface area contributed by atoms with Gasteiger partial charge in [-0.2, -0.15) is 9.78 Å². The van der Waals surface area contributed by atoms with Crippen molar-refractivity contribution in [2.45, 2.75) is 11.8 Å². The Kier molecular flexibility index (Phi) is 3.23. The first-order chi connectivity index (χ1) is 8.41. The maximum Gasteiger partial charge on any atom is 0.280 e. The third-order valence-corrected chi connectivity index (χ3v) is 2.83. The SMILES string of the molecule is Cc1nn(C(=O)C(Cl)Cl)c2cc([N+](=O)[O-])ccc12. The number of carbonyl (C=O) groups is 1. The van der Waals surface area contributed by atoms with Crippen LogP contribution in [0.15, 0.2) is 18.2 Å². The first-order valence-electron chi connectivity index (χ1n) is 4.88. The fraction of sp³-hybridized carbons (Fsp3) is 0.200. The molecule has 8 heteroatoms. The van der Waals surface area contributed by atoms with Crippen LogP contribution in [0.2, 0.25) is 0 Å². The Labute approximate surface area is 111 Å². The van der Waals surface area contributed by atoms with Gasteiger partial charge in [-0.15, -0.1) is 0 Å². The van der Waals surface area contributed by atoms with Crippen LogP contribution in [-0.2, 0) is 0 Å². The zero-order valence-corrected chi connectivity index (χ0v) is 10.6. The summed E-state index contributed by atoms with van der Waals surface area (Å²) < 4.78 is 0.988. The standard InChI is InChI=1S/C10H7Cl2N3O3/c1-5-7-3-2-6(15(17)18)4-8(7)14(13-5)10(16)9(11)12/h2-4,9H,1H3. The number of aryl methyl sites for hydroxylation is 1. The Morgan fingerprint density at radius 1 is 1.50 bits per heavy atom. The molecule has 0 fully saturated rings. The fourth-order valence-corrected chi connectivity index (χ4v) is 1.82. The molecule has 0 radical (unpaired) electrons. The topological polar surface area (TPSA) is 78.0 Å². The van der Waals surface area contributed by atoms with Gasteiger partial charge in [-0.1, -0.05) is 23.2 Å². The van der Waals surface area contributed by atoms with E-state index >= 15 is 0 Å². The molecule has 0 saturated heterocycles. The molecule has 0 spiro atoms. The summed E-state index contributed by atoms with van der Waals surface area (Å²) in [7, 11) is 0. The molecule has 0 N–H and O–H groups in total. The Morgan fingerprint density at radius 3 is 2.72 bits per heavy atom. The zero-order chi connectivity index (χ0) is 13.4. The maximum atomic E-state index is 11.7. The molecule has 0 aliphatic rings. The van der Waals surface area contributed by atoms with E-state index in [0.29, 0.717) is 16.6 Å². The van der Waals surface area contributed by atoms with Crippen LogP contribution in [0.1, 0.15) is 10.5 Å². The number of hydrogen-bond acceptors (Lipinski definition) is 4. The third kappa shape index (κ3) is 2.04. The van der Waals surface area contributed by atoms with Gasteiger partial charge in [-0.25, -0.2) is 0 Å². The Bertz CT molecular complexity index is 651. The molecule has 0 saturated carbocycles. The van der Waals surface area contributed by atoms with Gasteiger partial charge >= 0.3 is 0 Å². The van der Waals surface area contributed by atoms with Crippen LogP contribution < -0.4 is 0 Å². The minimum atomic E-state index is -1.27. The smallest absolute Gasteiger partial charge is 0.269 e. The predicted molar refractivity (Wildman–Crippen MR) is 67.2 cm³/mol. The van der Waals surface area contributed by atoms with Crippen LogP contribution in [-0.4, -0.2) is 25.4 Å². The molecule has 2 rings (SSSR count). The number of alkyl halides is 2. The van der Waals surface area contributed by atoms with E-state index in [9.17, 15) is 14.9 Å². The zero-order valence-electron chi connectivity index (χ0n) is 9.13.